The van der Waals surface area contributed by atoms with Crippen LogP contribution in [-0.2, 0) is 0 Å². The normalized spacial score (nSPS) is 16.7. The highest BCUT2D eigenvalue weighted by atomic mass is 79.9. The van der Waals surface area contributed by atoms with Crippen molar-refractivity contribution in [3.63, 3.8) is 0 Å². The molecule has 0 aromatic heterocycles. The Morgan fingerprint density at radius 1 is 0.962 bits per heavy atom. The largest absolute Gasteiger partial charge is 0.254 e. The number of anilines is 1. The van der Waals surface area contributed by atoms with Crippen LogP contribution in [-0.4, -0.2) is 5.71 Å². The predicted molar refractivity (Wildman–Crippen MR) is 108 cm³/mol. The molecule has 1 aliphatic heterocycles. The summed E-state index contributed by atoms with van der Waals surface area (Å²) in [5.41, 5.74) is 3.31. The lowest BCUT2D eigenvalue weighted by Crippen LogP contribution is -2.19. The van der Waals surface area contributed by atoms with E-state index in [9.17, 15) is 4.39 Å². The predicted octanol–water partition coefficient (Wildman–Crippen LogP) is 6.60. The molecule has 0 bridgehead atoms. The minimum absolute atomic E-state index is 0.153. The van der Waals surface area contributed by atoms with Gasteiger partial charge in [0.25, 0.3) is 0 Å². The lowest BCUT2D eigenvalue weighted by Gasteiger charge is -2.25. The monoisotopic (exact) mass is 428 g/mol. The molecule has 1 heterocycles. The van der Waals surface area contributed by atoms with Gasteiger partial charge in [-0.3, -0.25) is 5.01 Å². The van der Waals surface area contributed by atoms with Crippen molar-refractivity contribution in [2.75, 3.05) is 5.01 Å². The zero-order valence-corrected chi connectivity index (χ0v) is 16.1. The molecule has 1 aliphatic rings. The molecule has 130 valence electrons. The van der Waals surface area contributed by atoms with Crippen LogP contribution in [0.4, 0.5) is 10.1 Å². The number of rotatable bonds is 3. The minimum atomic E-state index is -0.301. The standard InChI is InChI=1S/C21H15BrClFN2/c22-15-11-9-14(10-12-15)19-13-21(16-5-1-2-6-17(16)23)26(25-19)20-8-4-3-7-18(20)24/h1-12,21H,13H2/t21-/m0/s1. The molecule has 3 aromatic carbocycles. The number of halogens is 3. The third kappa shape index (κ3) is 3.27. The molecule has 0 spiro atoms. The van der Waals surface area contributed by atoms with Gasteiger partial charge in [0.15, 0.2) is 0 Å². The summed E-state index contributed by atoms with van der Waals surface area (Å²) in [7, 11) is 0. The van der Waals surface area contributed by atoms with Crippen molar-refractivity contribution in [1.29, 1.82) is 0 Å². The van der Waals surface area contributed by atoms with Crippen LogP contribution < -0.4 is 5.01 Å². The Morgan fingerprint density at radius 2 is 1.65 bits per heavy atom. The highest BCUT2D eigenvalue weighted by molar-refractivity contribution is 9.10. The summed E-state index contributed by atoms with van der Waals surface area (Å²) in [6, 6.07) is 22.2. The van der Waals surface area contributed by atoms with Gasteiger partial charge in [0.05, 0.1) is 17.4 Å². The molecule has 26 heavy (non-hydrogen) atoms. The lowest BCUT2D eigenvalue weighted by molar-refractivity contribution is 0.606. The molecule has 0 aliphatic carbocycles. The van der Waals surface area contributed by atoms with E-state index in [4.69, 9.17) is 16.7 Å². The number of hydrogen-bond donors (Lipinski definition) is 0. The fraction of sp³-hybridized carbons (Fsp3) is 0.0952. The van der Waals surface area contributed by atoms with Gasteiger partial charge in [-0.2, -0.15) is 5.10 Å². The van der Waals surface area contributed by atoms with Crippen molar-refractivity contribution in [3.05, 3.63) is 99.2 Å². The van der Waals surface area contributed by atoms with Crippen molar-refractivity contribution in [1.82, 2.24) is 0 Å². The molecule has 0 saturated carbocycles. The number of hydrogen-bond acceptors (Lipinski definition) is 2. The first-order chi connectivity index (χ1) is 12.6. The Morgan fingerprint density at radius 3 is 2.38 bits per heavy atom. The van der Waals surface area contributed by atoms with Gasteiger partial charge in [-0.05, 0) is 41.5 Å². The molecular formula is C21H15BrClFN2. The fourth-order valence-electron chi connectivity index (χ4n) is 3.17. The summed E-state index contributed by atoms with van der Waals surface area (Å²) in [4.78, 5) is 0. The second-order valence-electron chi connectivity index (χ2n) is 6.09. The van der Waals surface area contributed by atoms with Crippen molar-refractivity contribution >= 4 is 38.9 Å². The Labute approximate surface area is 165 Å². The van der Waals surface area contributed by atoms with Crippen molar-refractivity contribution in [2.45, 2.75) is 12.5 Å². The molecule has 2 nitrogen and oxygen atoms in total. The molecule has 4 rings (SSSR count). The average molecular weight is 430 g/mol. The first kappa shape index (κ1) is 17.3. The molecule has 0 fully saturated rings. The average Bonchev–Trinajstić information content (AvgIpc) is 3.08. The molecule has 0 saturated heterocycles. The van der Waals surface area contributed by atoms with Crippen molar-refractivity contribution < 1.29 is 4.39 Å². The first-order valence-corrected chi connectivity index (χ1v) is 9.42. The van der Waals surface area contributed by atoms with E-state index >= 15 is 0 Å². The Hall–Kier alpha value is -2.17. The van der Waals surface area contributed by atoms with Crippen molar-refractivity contribution in [2.24, 2.45) is 5.10 Å². The van der Waals surface area contributed by atoms with Crippen LogP contribution >= 0.6 is 27.5 Å². The number of para-hydroxylation sites is 1. The number of nitrogens with zero attached hydrogens (tertiary/aromatic N) is 2. The third-order valence-corrected chi connectivity index (χ3v) is 5.32. The highest BCUT2D eigenvalue weighted by Crippen LogP contribution is 2.40. The van der Waals surface area contributed by atoms with Crippen LogP contribution in [0.2, 0.25) is 5.02 Å². The Kier molecular flexibility index (Phi) is 4.79. The van der Waals surface area contributed by atoms with Gasteiger partial charge in [-0.1, -0.05) is 70.0 Å². The van der Waals surface area contributed by atoms with Crippen molar-refractivity contribution in [3.8, 4) is 0 Å². The molecule has 0 unspecified atom stereocenters. The lowest BCUT2D eigenvalue weighted by atomic mass is 9.98. The molecule has 0 N–H and O–H groups in total. The van der Waals surface area contributed by atoms with Crippen LogP contribution in [0.3, 0.4) is 0 Å². The van der Waals surface area contributed by atoms with E-state index in [0.717, 1.165) is 21.3 Å². The van der Waals surface area contributed by atoms with Gasteiger partial charge in [-0.25, -0.2) is 4.39 Å². The van der Waals surface area contributed by atoms with Crippen LogP contribution in [0, 0.1) is 5.82 Å². The second-order valence-corrected chi connectivity index (χ2v) is 7.41. The van der Waals surface area contributed by atoms with E-state index in [1.165, 1.54) is 6.07 Å². The van der Waals surface area contributed by atoms with Gasteiger partial charge in [0.1, 0.15) is 5.82 Å². The summed E-state index contributed by atoms with van der Waals surface area (Å²) in [5, 5.41) is 7.16. The van der Waals surface area contributed by atoms with E-state index in [1.807, 2.05) is 54.6 Å². The number of benzene rings is 3. The molecule has 3 aromatic rings. The summed E-state index contributed by atoms with van der Waals surface area (Å²) in [5.74, 6) is -0.301. The first-order valence-electron chi connectivity index (χ1n) is 8.25. The summed E-state index contributed by atoms with van der Waals surface area (Å²) in [6.45, 7) is 0. The van der Waals surface area contributed by atoms with Crippen LogP contribution in [0.15, 0.2) is 82.4 Å². The SMILES string of the molecule is Fc1ccccc1N1N=C(c2ccc(Br)cc2)C[C@H]1c1ccccc1Cl. The van der Waals surface area contributed by atoms with E-state index < -0.39 is 0 Å². The van der Waals surface area contributed by atoms with E-state index in [2.05, 4.69) is 15.9 Å². The van der Waals surface area contributed by atoms with Gasteiger partial charge in [-0.15, -0.1) is 0 Å². The molecule has 5 heteroatoms. The van der Waals surface area contributed by atoms with E-state index in [-0.39, 0.29) is 11.9 Å². The fourth-order valence-corrected chi connectivity index (χ4v) is 3.70. The number of hydrazone groups is 1. The topological polar surface area (TPSA) is 15.6 Å². The smallest absolute Gasteiger partial charge is 0.148 e. The van der Waals surface area contributed by atoms with Crippen LogP contribution in [0.1, 0.15) is 23.6 Å². The second kappa shape index (κ2) is 7.22. The Bertz CT molecular complexity index is 972. The molecular weight excluding hydrogens is 415 g/mol. The zero-order valence-electron chi connectivity index (χ0n) is 13.7. The van der Waals surface area contributed by atoms with Crippen LogP contribution in [0.25, 0.3) is 0 Å². The maximum absolute atomic E-state index is 14.5. The van der Waals surface area contributed by atoms with Gasteiger partial charge < -0.3 is 0 Å². The molecule has 0 radical (unpaired) electrons. The molecule has 1 atom stereocenters. The van der Waals surface area contributed by atoms with Crippen LogP contribution in [0.5, 0.6) is 0 Å². The van der Waals surface area contributed by atoms with Gasteiger partial charge in [0.2, 0.25) is 0 Å². The van der Waals surface area contributed by atoms with E-state index in [0.29, 0.717) is 17.1 Å². The zero-order chi connectivity index (χ0) is 18.1. The summed E-state index contributed by atoms with van der Waals surface area (Å²) >= 11 is 9.89. The van der Waals surface area contributed by atoms with E-state index in [1.54, 1.807) is 17.1 Å². The minimum Gasteiger partial charge on any atom is -0.254 e. The third-order valence-electron chi connectivity index (χ3n) is 4.45. The Balaban J connectivity index is 1.80. The van der Waals surface area contributed by atoms with Gasteiger partial charge in [0, 0.05) is 15.9 Å². The summed E-state index contributed by atoms with van der Waals surface area (Å²) in [6.07, 6.45) is 0.652. The maximum Gasteiger partial charge on any atom is 0.148 e. The quantitative estimate of drug-likeness (QED) is 0.458. The van der Waals surface area contributed by atoms with Gasteiger partial charge >= 0.3 is 0 Å². The maximum atomic E-state index is 14.5. The summed E-state index contributed by atoms with van der Waals surface area (Å²) < 4.78 is 15.5. The highest BCUT2D eigenvalue weighted by Gasteiger charge is 2.32. The molecule has 0 amide bonds.